The summed E-state index contributed by atoms with van der Waals surface area (Å²) >= 11 is 0. The molecule has 0 radical (unpaired) electrons. The van der Waals surface area contributed by atoms with Gasteiger partial charge in [0.25, 0.3) is 0 Å². The third kappa shape index (κ3) is 13.7. The van der Waals surface area contributed by atoms with Crippen LogP contribution < -0.4 is 5.32 Å². The van der Waals surface area contributed by atoms with Crippen LogP contribution in [0.2, 0.25) is 0 Å². The molecule has 0 spiro atoms. The topological polar surface area (TPSA) is 428 Å². The van der Waals surface area contributed by atoms with Crippen molar-refractivity contribution >= 4 is 18.0 Å². The summed E-state index contributed by atoms with van der Waals surface area (Å²) in [6, 6.07) is -1.52. The molecule has 86 heavy (non-hydrogen) atoms. The fraction of sp³-hybridized carbons (Fsp3) is 0.914. The average molecular weight is 1240 g/mol. The van der Waals surface area contributed by atoms with Crippen molar-refractivity contribution in [3.8, 4) is 0 Å². The molecule has 0 aromatic heterocycles. The lowest BCUT2D eigenvalue weighted by Crippen LogP contribution is -2.68. The second-order valence-electron chi connectivity index (χ2n) is 27.0. The Morgan fingerprint density at radius 3 is 1.98 bits per heavy atom. The van der Waals surface area contributed by atoms with Gasteiger partial charge in [-0.15, -0.1) is 0 Å². The Kier molecular flexibility index (Phi) is 21.5. The van der Waals surface area contributed by atoms with Gasteiger partial charge in [0.15, 0.2) is 37.4 Å². The Balaban J connectivity index is 1.05. The van der Waals surface area contributed by atoms with E-state index >= 15 is 0 Å². The zero-order valence-electron chi connectivity index (χ0n) is 50.6. The number of hydrogen-bond donors (Lipinski definition) is 14. The number of aliphatic hydroxyl groups is 13. The molecule has 28 nitrogen and oxygen atoms in total. The van der Waals surface area contributed by atoms with Gasteiger partial charge in [0.2, 0.25) is 5.91 Å². The minimum atomic E-state index is -1.91. The van der Waals surface area contributed by atoms with E-state index in [-0.39, 0.29) is 24.7 Å². The van der Waals surface area contributed by atoms with Crippen LogP contribution in [0.4, 0.5) is 4.79 Å². The lowest BCUT2D eigenvalue weighted by molar-refractivity contribution is -0.394. The van der Waals surface area contributed by atoms with E-state index in [9.17, 15) is 80.8 Å². The summed E-state index contributed by atoms with van der Waals surface area (Å²) in [4.78, 5) is 37.3. The summed E-state index contributed by atoms with van der Waals surface area (Å²) in [7, 11) is 0. The summed E-state index contributed by atoms with van der Waals surface area (Å²) in [5, 5.41) is 146. The third-order valence-corrected chi connectivity index (χ3v) is 20.4. The highest BCUT2D eigenvalue weighted by molar-refractivity contribution is 5.73. The highest BCUT2D eigenvalue weighted by Crippen LogP contribution is 2.71. The van der Waals surface area contributed by atoms with Crippen LogP contribution in [0.25, 0.3) is 0 Å². The molecule has 5 aliphatic heterocycles. The first-order valence-electron chi connectivity index (χ1n) is 30.0. The van der Waals surface area contributed by atoms with Crippen molar-refractivity contribution in [3.05, 3.63) is 11.6 Å². The molecule has 494 valence electrons. The van der Waals surface area contributed by atoms with Crippen molar-refractivity contribution in [1.82, 2.24) is 5.32 Å². The largest absolute Gasteiger partial charge is 0.509 e. The van der Waals surface area contributed by atoms with Gasteiger partial charge in [-0.3, -0.25) is 9.59 Å². The minimum absolute atomic E-state index is 0.0857. The number of rotatable bonds is 20. The SMILES string of the molecule is CC(=O)N[C@H]1[C@H](O[C@H]2[C@H](O[C@H]3[C@H](O[C@H]4CC[C@]5(C)[C@H]6C[C@@H](O)[C@@H]([C@](C)(O)CC/C=C(\C)C[C@@H]7OC(=O)O[C@H]7[C@](C)(O)CO)[C@]6(C)CC[C@H]5C4(C)C)O[C@H](CO[C@@H]4OC[C@@H](O)[C@H](O)[C@H]4O)[C@@H](OC(C)=O)[C@@H]3O)O[C@@H](C)[C@H](O)[C@H]2O)O[C@H](CO)[C@@H](O)[C@@H]1O. The number of esters is 1. The summed E-state index contributed by atoms with van der Waals surface area (Å²) in [5.41, 5.74) is -3.97. The summed E-state index contributed by atoms with van der Waals surface area (Å²) < 4.78 is 66.0. The van der Waals surface area contributed by atoms with E-state index in [1.807, 2.05) is 13.0 Å². The van der Waals surface area contributed by atoms with Crippen molar-refractivity contribution < 1.29 is 133 Å². The van der Waals surface area contributed by atoms with Crippen LogP contribution in [0.5, 0.6) is 0 Å². The fourth-order valence-corrected chi connectivity index (χ4v) is 16.0. The molecule has 0 aromatic rings. The number of ether oxygens (including phenoxy) is 11. The number of cyclic esters (lactones) is 2. The summed E-state index contributed by atoms with van der Waals surface area (Å²) in [5.74, 6) is -2.28. The predicted molar refractivity (Wildman–Crippen MR) is 291 cm³/mol. The van der Waals surface area contributed by atoms with Gasteiger partial charge in [-0.05, 0) is 101 Å². The Labute approximate surface area is 499 Å². The van der Waals surface area contributed by atoms with Crippen molar-refractivity contribution in [3.63, 3.8) is 0 Å². The molecule has 30 atom stereocenters. The van der Waals surface area contributed by atoms with E-state index in [0.717, 1.165) is 19.4 Å². The number of amides is 1. The molecule has 8 fully saturated rings. The van der Waals surface area contributed by atoms with Crippen LogP contribution in [0, 0.1) is 34.0 Å². The number of carbonyl (C=O) groups excluding carboxylic acids is 3. The van der Waals surface area contributed by atoms with Gasteiger partial charge in [-0.2, -0.15) is 0 Å². The van der Waals surface area contributed by atoms with Crippen molar-refractivity contribution in [2.45, 2.75) is 273 Å². The van der Waals surface area contributed by atoms with Gasteiger partial charge in [0, 0.05) is 26.2 Å². The summed E-state index contributed by atoms with van der Waals surface area (Å²) in [6.45, 7) is 14.6. The first-order chi connectivity index (χ1) is 40.1. The predicted octanol–water partition coefficient (Wildman–Crippen LogP) is -2.22. The van der Waals surface area contributed by atoms with Crippen LogP contribution in [0.15, 0.2) is 11.6 Å². The van der Waals surface area contributed by atoms with E-state index in [0.29, 0.717) is 38.5 Å². The first-order valence-corrected chi connectivity index (χ1v) is 30.0. The maximum atomic E-state index is 12.9. The maximum absolute atomic E-state index is 12.9. The maximum Gasteiger partial charge on any atom is 0.509 e. The van der Waals surface area contributed by atoms with Crippen LogP contribution in [0.3, 0.4) is 0 Å². The molecule has 8 rings (SSSR count). The molecule has 14 N–H and O–H groups in total. The number of carbonyl (C=O) groups is 3. The molecule has 0 unspecified atom stereocenters. The highest BCUT2D eigenvalue weighted by Gasteiger charge is 2.69. The Morgan fingerprint density at radius 1 is 0.686 bits per heavy atom. The molecule has 8 aliphatic rings. The quantitative estimate of drug-likeness (QED) is 0.0349. The number of nitrogens with one attached hydrogen (secondary N) is 1. The second kappa shape index (κ2) is 26.7. The molecule has 28 heteroatoms. The van der Waals surface area contributed by atoms with Gasteiger partial charge < -0.3 is 124 Å². The average Bonchev–Trinajstić information content (AvgIpc) is 1.41. The molecule has 5 saturated heterocycles. The van der Waals surface area contributed by atoms with E-state index < -0.39 is 219 Å². The molecular weight excluding hydrogens is 1140 g/mol. The smallest absolute Gasteiger partial charge is 0.457 e. The van der Waals surface area contributed by atoms with E-state index in [4.69, 9.17) is 52.1 Å². The van der Waals surface area contributed by atoms with Crippen LogP contribution in [-0.4, -0.2) is 263 Å². The molecule has 3 saturated carbocycles. The zero-order chi connectivity index (χ0) is 63.5. The Bertz CT molecular complexity index is 2360. The van der Waals surface area contributed by atoms with E-state index in [2.05, 4.69) is 33.0 Å². The first kappa shape index (κ1) is 69.0. The van der Waals surface area contributed by atoms with Crippen LogP contribution in [0.1, 0.15) is 121 Å². The number of allylic oxidation sites excluding steroid dienone is 1. The number of fused-ring (bicyclic) bond motifs is 3. The summed E-state index contributed by atoms with van der Waals surface area (Å²) in [6.07, 6.45) is -28.8. The van der Waals surface area contributed by atoms with Crippen LogP contribution >= 0.6 is 0 Å². The lowest BCUT2D eigenvalue weighted by atomic mass is 9.42. The van der Waals surface area contributed by atoms with Gasteiger partial charge in [-0.25, -0.2) is 4.79 Å². The van der Waals surface area contributed by atoms with Gasteiger partial charge >= 0.3 is 12.1 Å². The minimum Gasteiger partial charge on any atom is -0.457 e. The molecule has 0 bridgehead atoms. The molecular formula is C58H95NO27. The Hall–Kier alpha value is -2.89. The molecule has 3 aliphatic carbocycles. The van der Waals surface area contributed by atoms with E-state index in [1.54, 1.807) is 6.92 Å². The van der Waals surface area contributed by atoms with Crippen molar-refractivity contribution in [2.75, 3.05) is 26.4 Å². The molecule has 5 heterocycles. The standard InChI is InChI=1S/C58H95NO27/c1-24(18-30-48(58(10,75)23-61)86-53(73)82-30)12-11-15-57(9,74)47-28(64)19-34-55(7)17-14-35(54(5,6)33(55)13-16-56(34,47)8)83-52-46(43(72)44(79-27(4)63)32(81-52)22-77-50-42(71)38(67)29(65)21-76-50)85-51-45(41(70)37(66)25(2)78-51)84-49-36(59-26(3)62)40(69)39(68)31(20-60)80-49/h12,25,28-52,60-61,64-72,74-75H,11,13-23H2,1-10H3,(H,59,62)/b24-12+/t25-,28+,29+,30-,31+,32+,33-,34+,35-,36+,37-,38-,39+,40+,41+,42+,43-,44+,45+,46+,47+,48+,49-,50-,51-,52-,55-,56+,57+,58+/m0/s1. The normalized spacial score (nSPS) is 47.5. The van der Waals surface area contributed by atoms with Crippen molar-refractivity contribution in [1.29, 1.82) is 0 Å². The van der Waals surface area contributed by atoms with Crippen molar-refractivity contribution in [2.24, 2.45) is 34.0 Å². The van der Waals surface area contributed by atoms with Gasteiger partial charge in [0.1, 0.15) is 91.0 Å². The number of hydrogen-bond acceptors (Lipinski definition) is 27. The zero-order valence-corrected chi connectivity index (χ0v) is 50.6. The second-order valence-corrected chi connectivity index (χ2v) is 27.0. The molecule has 1 amide bonds. The van der Waals surface area contributed by atoms with Crippen LogP contribution in [-0.2, 0) is 61.7 Å². The molecule has 0 aromatic carbocycles. The highest BCUT2D eigenvalue weighted by atomic mass is 16.8. The van der Waals surface area contributed by atoms with E-state index in [1.165, 1.54) is 13.8 Å². The fourth-order valence-electron chi connectivity index (χ4n) is 16.0. The van der Waals surface area contributed by atoms with Gasteiger partial charge in [0.05, 0.1) is 50.3 Å². The lowest BCUT2D eigenvalue weighted by Gasteiger charge is -2.64. The third-order valence-electron chi connectivity index (χ3n) is 20.4. The monoisotopic (exact) mass is 1240 g/mol. The van der Waals surface area contributed by atoms with Gasteiger partial charge in [-0.1, -0.05) is 39.3 Å². The Morgan fingerprint density at radius 2 is 1.33 bits per heavy atom. The number of aliphatic hydroxyl groups excluding tert-OH is 11.